The van der Waals surface area contributed by atoms with Crippen molar-refractivity contribution in [2.45, 2.75) is 32.6 Å². The third-order valence-electron chi connectivity index (χ3n) is 4.70. The predicted molar refractivity (Wildman–Crippen MR) is 108 cm³/mol. The molecule has 3 aromatic rings. The summed E-state index contributed by atoms with van der Waals surface area (Å²) >= 11 is 0. The van der Waals surface area contributed by atoms with Crippen molar-refractivity contribution < 1.29 is 9.90 Å². The van der Waals surface area contributed by atoms with Crippen LogP contribution in [0.4, 0.5) is 0 Å². The Hall–Kier alpha value is -2.87. The van der Waals surface area contributed by atoms with Crippen molar-refractivity contribution in [1.29, 1.82) is 0 Å². The smallest absolute Gasteiger partial charge is 0.336 e. The van der Waals surface area contributed by atoms with Gasteiger partial charge in [-0.2, -0.15) is 0 Å². The molecule has 3 rings (SSSR count). The van der Waals surface area contributed by atoms with Crippen LogP contribution in [-0.4, -0.2) is 11.1 Å². The van der Waals surface area contributed by atoms with E-state index in [4.69, 9.17) is 0 Å². The maximum absolute atomic E-state index is 12.3. The average Bonchev–Trinajstić information content (AvgIpc) is 2.69. The SMILES string of the molecule is CCCCCc1ccc(-c2ccccc2)c(C(=O)O)c1-c1ccccc1. The first kappa shape index (κ1) is 17.9. The molecule has 2 nitrogen and oxygen atoms in total. The number of rotatable bonds is 7. The quantitative estimate of drug-likeness (QED) is 0.500. The number of aryl methyl sites for hydroxylation is 1. The molecule has 1 N–H and O–H groups in total. The van der Waals surface area contributed by atoms with E-state index in [0.29, 0.717) is 5.56 Å². The minimum Gasteiger partial charge on any atom is -0.478 e. The second-order valence-electron chi connectivity index (χ2n) is 6.52. The van der Waals surface area contributed by atoms with Gasteiger partial charge in [0.05, 0.1) is 5.56 Å². The summed E-state index contributed by atoms with van der Waals surface area (Å²) in [5.41, 5.74) is 5.04. The van der Waals surface area contributed by atoms with Crippen molar-refractivity contribution in [3.05, 3.63) is 83.9 Å². The zero-order valence-electron chi connectivity index (χ0n) is 15.1. The van der Waals surface area contributed by atoms with Crippen LogP contribution in [0.25, 0.3) is 22.3 Å². The number of benzene rings is 3. The van der Waals surface area contributed by atoms with Gasteiger partial charge in [-0.25, -0.2) is 4.79 Å². The van der Waals surface area contributed by atoms with Gasteiger partial charge in [0.1, 0.15) is 0 Å². The first-order valence-corrected chi connectivity index (χ1v) is 9.22. The maximum atomic E-state index is 12.3. The highest BCUT2D eigenvalue weighted by Crippen LogP contribution is 2.36. The number of carboxylic acid groups (broad SMARTS) is 1. The van der Waals surface area contributed by atoms with Crippen molar-refractivity contribution >= 4 is 5.97 Å². The lowest BCUT2D eigenvalue weighted by Crippen LogP contribution is -2.06. The van der Waals surface area contributed by atoms with Gasteiger partial charge in [-0.15, -0.1) is 0 Å². The molecular formula is C24H24O2. The molecule has 0 spiro atoms. The number of carboxylic acids is 1. The molecular weight excluding hydrogens is 320 g/mol. The third kappa shape index (κ3) is 3.85. The Labute approximate surface area is 155 Å². The molecule has 0 aliphatic carbocycles. The number of hydrogen-bond acceptors (Lipinski definition) is 1. The molecule has 0 heterocycles. The number of carbonyl (C=O) groups is 1. The summed E-state index contributed by atoms with van der Waals surface area (Å²) in [5.74, 6) is -0.875. The average molecular weight is 344 g/mol. The van der Waals surface area contributed by atoms with Crippen LogP contribution in [0.15, 0.2) is 72.8 Å². The minimum atomic E-state index is -0.875. The Morgan fingerprint density at radius 1 is 0.808 bits per heavy atom. The van der Waals surface area contributed by atoms with Crippen LogP contribution in [0.3, 0.4) is 0 Å². The lowest BCUT2D eigenvalue weighted by Gasteiger charge is -2.17. The van der Waals surface area contributed by atoms with Crippen LogP contribution in [0.1, 0.15) is 42.1 Å². The topological polar surface area (TPSA) is 37.3 Å². The van der Waals surface area contributed by atoms with Gasteiger partial charge >= 0.3 is 5.97 Å². The molecule has 0 bridgehead atoms. The van der Waals surface area contributed by atoms with Gasteiger partial charge in [0.25, 0.3) is 0 Å². The molecule has 132 valence electrons. The van der Waals surface area contributed by atoms with Crippen molar-refractivity contribution in [2.75, 3.05) is 0 Å². The van der Waals surface area contributed by atoms with Gasteiger partial charge in [-0.05, 0) is 40.7 Å². The second kappa shape index (κ2) is 8.48. The van der Waals surface area contributed by atoms with E-state index in [1.54, 1.807) is 0 Å². The van der Waals surface area contributed by atoms with E-state index in [-0.39, 0.29) is 0 Å². The molecule has 26 heavy (non-hydrogen) atoms. The highest BCUT2D eigenvalue weighted by Gasteiger charge is 2.21. The van der Waals surface area contributed by atoms with Crippen LogP contribution in [0.2, 0.25) is 0 Å². The summed E-state index contributed by atoms with van der Waals surface area (Å²) in [7, 11) is 0. The largest absolute Gasteiger partial charge is 0.478 e. The summed E-state index contributed by atoms with van der Waals surface area (Å²) in [4.78, 5) is 12.3. The third-order valence-corrected chi connectivity index (χ3v) is 4.70. The van der Waals surface area contributed by atoms with Crippen molar-refractivity contribution in [2.24, 2.45) is 0 Å². The van der Waals surface area contributed by atoms with Crippen molar-refractivity contribution in [3.8, 4) is 22.3 Å². The fourth-order valence-corrected chi connectivity index (χ4v) is 3.43. The van der Waals surface area contributed by atoms with Crippen LogP contribution in [0.5, 0.6) is 0 Å². The minimum absolute atomic E-state index is 0.399. The predicted octanol–water partition coefficient (Wildman–Crippen LogP) is 6.45. The van der Waals surface area contributed by atoms with E-state index >= 15 is 0 Å². The molecule has 0 aliphatic rings. The van der Waals surface area contributed by atoms with Gasteiger partial charge in [-0.3, -0.25) is 0 Å². The van der Waals surface area contributed by atoms with Gasteiger partial charge in [0.2, 0.25) is 0 Å². The standard InChI is InChI=1S/C24H24O2/c1-2-3-6-13-20-16-17-21(18-11-7-4-8-12-18)23(24(25)26)22(20)19-14-9-5-10-15-19/h4-5,7-12,14-17H,2-3,6,13H2,1H3,(H,25,26). The lowest BCUT2D eigenvalue weighted by molar-refractivity contribution is 0.0698. The molecule has 0 aromatic heterocycles. The maximum Gasteiger partial charge on any atom is 0.336 e. The molecule has 0 aliphatic heterocycles. The highest BCUT2D eigenvalue weighted by molar-refractivity contribution is 6.04. The van der Waals surface area contributed by atoms with E-state index < -0.39 is 5.97 Å². The Balaban J connectivity index is 2.22. The summed E-state index contributed by atoms with van der Waals surface area (Å²) in [6, 6.07) is 23.7. The van der Waals surface area contributed by atoms with E-state index in [0.717, 1.165) is 53.5 Å². The molecule has 3 aromatic carbocycles. The Bertz CT molecular complexity index is 867. The van der Waals surface area contributed by atoms with Crippen molar-refractivity contribution in [1.82, 2.24) is 0 Å². The molecule has 0 unspecified atom stereocenters. The molecule has 0 atom stereocenters. The fourth-order valence-electron chi connectivity index (χ4n) is 3.43. The van der Waals surface area contributed by atoms with E-state index in [1.165, 1.54) is 0 Å². The van der Waals surface area contributed by atoms with Crippen LogP contribution < -0.4 is 0 Å². The number of aromatic carboxylic acids is 1. The molecule has 0 fully saturated rings. The lowest BCUT2D eigenvalue weighted by atomic mass is 9.86. The summed E-state index contributed by atoms with van der Waals surface area (Å²) < 4.78 is 0. The van der Waals surface area contributed by atoms with Crippen LogP contribution in [0, 0.1) is 0 Å². The zero-order valence-corrected chi connectivity index (χ0v) is 15.1. The fraction of sp³-hybridized carbons (Fsp3) is 0.208. The van der Waals surface area contributed by atoms with Gasteiger partial charge in [0.15, 0.2) is 0 Å². The number of hydrogen-bond donors (Lipinski definition) is 1. The summed E-state index contributed by atoms with van der Waals surface area (Å²) in [5, 5.41) is 10.1. The number of unbranched alkanes of at least 4 members (excludes halogenated alkanes) is 2. The normalized spacial score (nSPS) is 10.7. The molecule has 0 amide bonds. The second-order valence-corrected chi connectivity index (χ2v) is 6.52. The monoisotopic (exact) mass is 344 g/mol. The summed E-state index contributed by atoms with van der Waals surface area (Å²) in [6.07, 6.45) is 4.26. The first-order chi connectivity index (χ1) is 12.7. The van der Waals surface area contributed by atoms with Crippen molar-refractivity contribution in [3.63, 3.8) is 0 Å². The van der Waals surface area contributed by atoms with Crippen LogP contribution in [-0.2, 0) is 6.42 Å². The Morgan fingerprint density at radius 3 is 2.00 bits per heavy atom. The highest BCUT2D eigenvalue weighted by atomic mass is 16.4. The van der Waals surface area contributed by atoms with Gasteiger partial charge in [-0.1, -0.05) is 92.6 Å². The molecule has 0 saturated heterocycles. The molecule has 0 saturated carbocycles. The zero-order chi connectivity index (χ0) is 18.4. The van der Waals surface area contributed by atoms with Gasteiger partial charge < -0.3 is 5.11 Å². The Kier molecular flexibility index (Phi) is 5.85. The first-order valence-electron chi connectivity index (χ1n) is 9.22. The van der Waals surface area contributed by atoms with Crippen LogP contribution >= 0.6 is 0 Å². The van der Waals surface area contributed by atoms with E-state index in [1.807, 2.05) is 66.7 Å². The van der Waals surface area contributed by atoms with E-state index in [2.05, 4.69) is 13.0 Å². The van der Waals surface area contributed by atoms with Gasteiger partial charge in [0, 0.05) is 0 Å². The molecule has 0 radical (unpaired) electrons. The molecule has 2 heteroatoms. The summed E-state index contributed by atoms with van der Waals surface area (Å²) in [6.45, 7) is 2.18. The van der Waals surface area contributed by atoms with E-state index in [9.17, 15) is 9.90 Å². The Morgan fingerprint density at radius 2 is 1.42 bits per heavy atom.